The summed E-state index contributed by atoms with van der Waals surface area (Å²) in [7, 11) is 0. The van der Waals surface area contributed by atoms with Gasteiger partial charge in [0.2, 0.25) is 0 Å². The van der Waals surface area contributed by atoms with Gasteiger partial charge in [-0.2, -0.15) is 0 Å². The molecule has 0 bridgehead atoms. The summed E-state index contributed by atoms with van der Waals surface area (Å²) in [5.74, 6) is -0.625. The van der Waals surface area contributed by atoms with Crippen molar-refractivity contribution in [3.63, 3.8) is 0 Å². The molecule has 88 valence electrons. The van der Waals surface area contributed by atoms with Gasteiger partial charge in [0.15, 0.2) is 5.75 Å². The molecule has 6 nitrogen and oxygen atoms in total. The lowest BCUT2D eigenvalue weighted by Crippen LogP contribution is -2.19. The normalized spacial score (nSPS) is 14.4. The molecule has 0 aromatic heterocycles. The number of alkyl halides is 1. The van der Waals surface area contributed by atoms with E-state index in [1.807, 2.05) is 0 Å². The second-order valence-electron chi connectivity index (χ2n) is 3.14. The van der Waals surface area contributed by atoms with Gasteiger partial charge in [-0.05, 0) is 0 Å². The Balaban J connectivity index is 3.15. The van der Waals surface area contributed by atoms with E-state index in [-0.39, 0.29) is 10.9 Å². The first-order valence-corrected chi connectivity index (χ1v) is 5.49. The van der Waals surface area contributed by atoms with Crippen LogP contribution in [0.4, 0.5) is 5.69 Å². The van der Waals surface area contributed by atoms with Crippen LogP contribution < -0.4 is 0 Å². The van der Waals surface area contributed by atoms with Gasteiger partial charge in [0, 0.05) is 17.0 Å². The van der Waals surface area contributed by atoms with Gasteiger partial charge in [0.1, 0.15) is 6.10 Å². The number of hydrogen-bond donors (Lipinski definition) is 3. The van der Waals surface area contributed by atoms with Gasteiger partial charge >= 0.3 is 5.69 Å². The Labute approximate surface area is 99.4 Å². The number of benzene rings is 1. The molecule has 0 aliphatic rings. The lowest BCUT2D eigenvalue weighted by atomic mass is 10.0. The molecular formula is C9H10BrNO5. The van der Waals surface area contributed by atoms with Crippen LogP contribution in [0.2, 0.25) is 0 Å². The second kappa shape index (κ2) is 5.24. The van der Waals surface area contributed by atoms with Crippen molar-refractivity contribution in [1.82, 2.24) is 0 Å². The number of nitrogens with zero attached hydrogens (tertiary/aromatic N) is 1. The Morgan fingerprint density at radius 2 is 2.06 bits per heavy atom. The van der Waals surface area contributed by atoms with Crippen LogP contribution in [0, 0.1) is 10.1 Å². The molecule has 0 spiro atoms. The SMILES string of the molecule is O=[N+]([O-])c1cccc(C(O)C(O)CBr)c1O. The molecular weight excluding hydrogens is 282 g/mol. The summed E-state index contributed by atoms with van der Waals surface area (Å²) >= 11 is 2.96. The molecule has 0 aliphatic carbocycles. The molecule has 2 unspecified atom stereocenters. The number of phenolic OH excluding ortho intramolecular Hbond substituents is 1. The van der Waals surface area contributed by atoms with Gasteiger partial charge in [-0.1, -0.05) is 28.1 Å². The van der Waals surface area contributed by atoms with E-state index in [0.717, 1.165) is 6.07 Å². The highest BCUT2D eigenvalue weighted by Gasteiger charge is 2.25. The summed E-state index contributed by atoms with van der Waals surface area (Å²) < 4.78 is 0. The van der Waals surface area contributed by atoms with Crippen LogP contribution in [0.25, 0.3) is 0 Å². The van der Waals surface area contributed by atoms with Gasteiger partial charge in [-0.25, -0.2) is 0 Å². The molecule has 1 aromatic rings. The number of halogens is 1. The molecule has 16 heavy (non-hydrogen) atoms. The van der Waals surface area contributed by atoms with E-state index in [1.165, 1.54) is 12.1 Å². The highest BCUT2D eigenvalue weighted by atomic mass is 79.9. The molecule has 0 heterocycles. The fourth-order valence-corrected chi connectivity index (χ4v) is 1.58. The lowest BCUT2D eigenvalue weighted by Gasteiger charge is -2.16. The second-order valence-corrected chi connectivity index (χ2v) is 3.79. The van der Waals surface area contributed by atoms with E-state index in [1.54, 1.807) is 0 Å². The maximum Gasteiger partial charge on any atom is 0.311 e. The van der Waals surface area contributed by atoms with Gasteiger partial charge in [0.05, 0.1) is 11.0 Å². The maximum atomic E-state index is 10.5. The first-order chi connectivity index (χ1) is 7.49. The van der Waals surface area contributed by atoms with Crippen LogP contribution in [0.1, 0.15) is 11.7 Å². The van der Waals surface area contributed by atoms with Crippen LogP contribution in [-0.2, 0) is 0 Å². The van der Waals surface area contributed by atoms with Crippen molar-refractivity contribution in [2.24, 2.45) is 0 Å². The number of aromatic hydroxyl groups is 1. The van der Waals surface area contributed by atoms with E-state index in [4.69, 9.17) is 0 Å². The fourth-order valence-electron chi connectivity index (χ4n) is 1.23. The first-order valence-electron chi connectivity index (χ1n) is 4.37. The fraction of sp³-hybridized carbons (Fsp3) is 0.333. The molecule has 0 amide bonds. The molecule has 2 atom stereocenters. The Morgan fingerprint density at radius 3 is 2.56 bits per heavy atom. The highest BCUT2D eigenvalue weighted by molar-refractivity contribution is 9.09. The van der Waals surface area contributed by atoms with Crippen LogP contribution >= 0.6 is 15.9 Å². The minimum Gasteiger partial charge on any atom is -0.502 e. The average Bonchev–Trinajstić information content (AvgIpc) is 2.27. The van der Waals surface area contributed by atoms with E-state index in [2.05, 4.69) is 15.9 Å². The number of nitro groups is 1. The van der Waals surface area contributed by atoms with Gasteiger partial charge in [-0.3, -0.25) is 10.1 Å². The third-order valence-corrected chi connectivity index (χ3v) is 2.75. The number of para-hydroxylation sites is 1. The van der Waals surface area contributed by atoms with Crippen LogP contribution in [0.15, 0.2) is 18.2 Å². The number of nitro benzene ring substituents is 1. The zero-order valence-electron chi connectivity index (χ0n) is 8.08. The molecule has 0 fully saturated rings. The number of aliphatic hydroxyl groups excluding tert-OH is 2. The van der Waals surface area contributed by atoms with E-state index >= 15 is 0 Å². The predicted molar refractivity (Wildman–Crippen MR) is 59.5 cm³/mol. The van der Waals surface area contributed by atoms with Crippen molar-refractivity contribution >= 4 is 21.6 Å². The van der Waals surface area contributed by atoms with Crippen molar-refractivity contribution in [3.05, 3.63) is 33.9 Å². The molecule has 3 N–H and O–H groups in total. The van der Waals surface area contributed by atoms with E-state index < -0.39 is 28.6 Å². The first kappa shape index (κ1) is 12.9. The van der Waals surface area contributed by atoms with Crippen LogP contribution in [0.3, 0.4) is 0 Å². The smallest absolute Gasteiger partial charge is 0.311 e. The monoisotopic (exact) mass is 291 g/mol. The molecule has 0 radical (unpaired) electrons. The summed E-state index contributed by atoms with van der Waals surface area (Å²) in [6, 6.07) is 3.77. The average molecular weight is 292 g/mol. The van der Waals surface area contributed by atoms with E-state index in [9.17, 15) is 25.4 Å². The predicted octanol–water partition coefficient (Wildman–Crippen LogP) is 1.09. The largest absolute Gasteiger partial charge is 0.502 e. The summed E-state index contributed by atoms with van der Waals surface area (Å²) in [5.41, 5.74) is -0.570. The molecule has 1 aromatic carbocycles. The minimum absolute atomic E-state index is 0.0684. The zero-order chi connectivity index (χ0) is 12.3. The number of phenols is 1. The summed E-state index contributed by atoms with van der Waals surface area (Å²) in [6.45, 7) is 0. The van der Waals surface area contributed by atoms with Crippen molar-refractivity contribution in [3.8, 4) is 5.75 Å². The Kier molecular flexibility index (Phi) is 4.22. The third kappa shape index (κ3) is 2.49. The highest BCUT2D eigenvalue weighted by Crippen LogP contribution is 2.34. The number of rotatable bonds is 4. The Morgan fingerprint density at radius 1 is 1.44 bits per heavy atom. The number of hydrogen-bond acceptors (Lipinski definition) is 5. The van der Waals surface area contributed by atoms with Crippen molar-refractivity contribution in [1.29, 1.82) is 0 Å². The van der Waals surface area contributed by atoms with Crippen molar-refractivity contribution < 1.29 is 20.2 Å². The molecule has 0 saturated carbocycles. The van der Waals surface area contributed by atoms with Crippen molar-refractivity contribution in [2.75, 3.05) is 5.33 Å². The van der Waals surface area contributed by atoms with Gasteiger partial charge in [-0.15, -0.1) is 0 Å². The molecule has 7 heteroatoms. The summed E-state index contributed by atoms with van der Waals surface area (Å²) in [6.07, 6.45) is -2.52. The van der Waals surface area contributed by atoms with Crippen LogP contribution in [-0.4, -0.2) is 31.7 Å². The Hall–Kier alpha value is -1.18. The van der Waals surface area contributed by atoms with E-state index in [0.29, 0.717) is 0 Å². The quantitative estimate of drug-likeness (QED) is 0.438. The maximum absolute atomic E-state index is 10.5. The summed E-state index contributed by atoms with van der Waals surface area (Å²) in [4.78, 5) is 9.77. The summed E-state index contributed by atoms with van der Waals surface area (Å²) in [5, 5.41) is 39.1. The third-order valence-electron chi connectivity index (χ3n) is 2.08. The molecule has 0 saturated heterocycles. The zero-order valence-corrected chi connectivity index (χ0v) is 9.66. The lowest BCUT2D eigenvalue weighted by molar-refractivity contribution is -0.386. The standard InChI is InChI=1S/C9H10BrNO5/c10-4-7(12)9(14)5-2-1-3-6(8(5)13)11(15)16/h1-3,7,9,12-14H,4H2. The van der Waals surface area contributed by atoms with Crippen LogP contribution in [0.5, 0.6) is 5.75 Å². The minimum atomic E-state index is -1.38. The molecule has 1 rings (SSSR count). The molecule has 0 aliphatic heterocycles. The van der Waals surface area contributed by atoms with Gasteiger partial charge in [0.25, 0.3) is 0 Å². The Bertz CT molecular complexity index is 397. The topological polar surface area (TPSA) is 104 Å². The van der Waals surface area contributed by atoms with Gasteiger partial charge < -0.3 is 15.3 Å². The number of aliphatic hydroxyl groups is 2. The van der Waals surface area contributed by atoms with Crippen molar-refractivity contribution in [2.45, 2.75) is 12.2 Å².